The predicted octanol–water partition coefficient (Wildman–Crippen LogP) is 1.04. The Morgan fingerprint density at radius 2 is 2.26 bits per heavy atom. The maximum absolute atomic E-state index is 5.82. The maximum atomic E-state index is 5.82. The van der Waals surface area contributed by atoms with Crippen LogP contribution in [0.15, 0.2) is 21.3 Å². The third-order valence-electron chi connectivity index (χ3n) is 3.03. The molecule has 1 aliphatic heterocycles. The molecule has 0 N–H and O–H groups in total. The molecule has 0 aliphatic carbocycles. The normalized spacial score (nSPS) is 24.7. The highest BCUT2D eigenvalue weighted by Crippen LogP contribution is 2.23. The first-order valence-electron chi connectivity index (χ1n) is 6.27. The van der Waals surface area contributed by atoms with E-state index < -0.39 is 0 Å². The first kappa shape index (κ1) is 12.3. The predicted molar refractivity (Wildman–Crippen MR) is 64.4 cm³/mol. The number of morpholine rings is 1. The third kappa shape index (κ3) is 2.82. The van der Waals surface area contributed by atoms with E-state index >= 15 is 0 Å². The Bertz CT molecular complexity index is 515. The molecule has 0 saturated carbocycles. The molecule has 0 bridgehead atoms. The van der Waals surface area contributed by atoms with Crippen molar-refractivity contribution in [1.82, 2.24) is 20.2 Å². The van der Waals surface area contributed by atoms with Gasteiger partial charge in [-0.05, 0) is 14.0 Å². The zero-order valence-electron chi connectivity index (χ0n) is 10.9. The Hall–Kier alpha value is -1.73. The molecule has 1 aliphatic rings. The van der Waals surface area contributed by atoms with Crippen molar-refractivity contribution >= 4 is 0 Å². The van der Waals surface area contributed by atoms with Gasteiger partial charge >= 0.3 is 0 Å². The SMILES string of the molecule is C[C@@H]1CN(C)C[C@H](c2nc(Cc3ccno3)no2)O1. The summed E-state index contributed by atoms with van der Waals surface area (Å²) in [5.41, 5.74) is 0. The van der Waals surface area contributed by atoms with Gasteiger partial charge in [0.05, 0.1) is 18.7 Å². The van der Waals surface area contributed by atoms with Gasteiger partial charge in [0.25, 0.3) is 5.89 Å². The molecule has 0 radical (unpaired) electrons. The molecule has 2 atom stereocenters. The highest BCUT2D eigenvalue weighted by Gasteiger charge is 2.28. The van der Waals surface area contributed by atoms with Gasteiger partial charge in [0.1, 0.15) is 11.9 Å². The van der Waals surface area contributed by atoms with Crippen molar-refractivity contribution < 1.29 is 13.8 Å². The van der Waals surface area contributed by atoms with E-state index in [4.69, 9.17) is 13.8 Å². The number of hydrogen-bond donors (Lipinski definition) is 0. The van der Waals surface area contributed by atoms with E-state index in [2.05, 4.69) is 27.2 Å². The van der Waals surface area contributed by atoms with E-state index in [0.717, 1.165) is 13.1 Å². The standard InChI is InChI=1S/C12H16N4O3/c1-8-6-16(2)7-10(17-8)12-14-11(15-19-12)5-9-3-4-13-18-9/h3-4,8,10H,5-7H2,1-2H3/t8-,10-/m1/s1. The molecule has 1 saturated heterocycles. The van der Waals surface area contributed by atoms with E-state index in [0.29, 0.717) is 23.9 Å². The summed E-state index contributed by atoms with van der Waals surface area (Å²) in [6.45, 7) is 3.71. The van der Waals surface area contributed by atoms with E-state index in [1.807, 2.05) is 6.92 Å². The Morgan fingerprint density at radius 3 is 3.00 bits per heavy atom. The smallest absolute Gasteiger partial charge is 0.257 e. The monoisotopic (exact) mass is 264 g/mol. The highest BCUT2D eigenvalue weighted by atomic mass is 16.5. The van der Waals surface area contributed by atoms with Gasteiger partial charge in [-0.15, -0.1) is 0 Å². The fourth-order valence-corrected chi connectivity index (χ4v) is 2.26. The van der Waals surface area contributed by atoms with Crippen LogP contribution >= 0.6 is 0 Å². The van der Waals surface area contributed by atoms with Crippen molar-refractivity contribution in [2.45, 2.75) is 25.6 Å². The lowest BCUT2D eigenvalue weighted by molar-refractivity contribution is -0.0838. The van der Waals surface area contributed by atoms with Gasteiger partial charge in [0.15, 0.2) is 5.82 Å². The quantitative estimate of drug-likeness (QED) is 0.819. The number of nitrogens with zero attached hydrogens (tertiary/aromatic N) is 4. The number of ether oxygens (including phenoxy) is 1. The molecule has 7 nitrogen and oxygen atoms in total. The lowest BCUT2D eigenvalue weighted by Gasteiger charge is -2.32. The minimum atomic E-state index is -0.162. The molecule has 2 aromatic rings. The Labute approximate surface area is 110 Å². The molecule has 2 aromatic heterocycles. The summed E-state index contributed by atoms with van der Waals surface area (Å²) in [6.07, 6.45) is 2.07. The molecule has 3 rings (SSSR count). The van der Waals surface area contributed by atoms with Gasteiger partial charge in [0.2, 0.25) is 0 Å². The molecule has 19 heavy (non-hydrogen) atoms. The summed E-state index contributed by atoms with van der Waals surface area (Å²) in [5.74, 6) is 1.81. The Morgan fingerprint density at radius 1 is 1.37 bits per heavy atom. The number of likely N-dealkylation sites (N-methyl/N-ethyl adjacent to an activating group) is 1. The lowest BCUT2D eigenvalue weighted by Crippen LogP contribution is -2.40. The van der Waals surface area contributed by atoms with E-state index in [9.17, 15) is 0 Å². The zero-order valence-corrected chi connectivity index (χ0v) is 10.9. The van der Waals surface area contributed by atoms with E-state index in [-0.39, 0.29) is 12.2 Å². The Balaban J connectivity index is 1.70. The maximum Gasteiger partial charge on any atom is 0.257 e. The largest absolute Gasteiger partial charge is 0.363 e. The summed E-state index contributed by atoms with van der Waals surface area (Å²) in [4.78, 5) is 6.55. The second-order valence-corrected chi connectivity index (χ2v) is 4.86. The van der Waals surface area contributed by atoms with Crippen LogP contribution in [0.4, 0.5) is 0 Å². The first-order chi connectivity index (χ1) is 9.20. The van der Waals surface area contributed by atoms with Crippen molar-refractivity contribution in [1.29, 1.82) is 0 Å². The van der Waals surface area contributed by atoms with Crippen LogP contribution in [0, 0.1) is 0 Å². The van der Waals surface area contributed by atoms with Crippen molar-refractivity contribution in [3.8, 4) is 0 Å². The van der Waals surface area contributed by atoms with Crippen molar-refractivity contribution in [2.24, 2.45) is 0 Å². The second-order valence-electron chi connectivity index (χ2n) is 4.86. The molecule has 0 amide bonds. The Kier molecular flexibility index (Phi) is 3.31. The fourth-order valence-electron chi connectivity index (χ4n) is 2.26. The van der Waals surface area contributed by atoms with Crippen LogP contribution in [0.1, 0.15) is 30.5 Å². The average Bonchev–Trinajstić information content (AvgIpc) is 2.99. The fraction of sp³-hybridized carbons (Fsp3) is 0.583. The molecule has 0 unspecified atom stereocenters. The van der Waals surface area contributed by atoms with Gasteiger partial charge in [-0.3, -0.25) is 0 Å². The zero-order chi connectivity index (χ0) is 13.2. The summed E-state index contributed by atoms with van der Waals surface area (Å²) >= 11 is 0. The van der Waals surface area contributed by atoms with Crippen LogP contribution in [0.2, 0.25) is 0 Å². The van der Waals surface area contributed by atoms with Crippen molar-refractivity contribution in [3.05, 3.63) is 29.7 Å². The molecule has 102 valence electrons. The molecule has 1 fully saturated rings. The third-order valence-corrected chi connectivity index (χ3v) is 3.03. The summed E-state index contributed by atoms with van der Waals surface area (Å²) in [7, 11) is 2.05. The molecule has 3 heterocycles. The minimum absolute atomic E-state index is 0.161. The summed E-state index contributed by atoms with van der Waals surface area (Å²) in [6, 6.07) is 1.78. The van der Waals surface area contributed by atoms with Gasteiger partial charge in [-0.1, -0.05) is 10.3 Å². The minimum Gasteiger partial charge on any atom is -0.363 e. The molecule has 0 aromatic carbocycles. The van der Waals surface area contributed by atoms with Crippen LogP contribution in [0.25, 0.3) is 0 Å². The van der Waals surface area contributed by atoms with Gasteiger partial charge in [-0.25, -0.2) is 0 Å². The van der Waals surface area contributed by atoms with Crippen LogP contribution in [0.3, 0.4) is 0 Å². The molecular formula is C12H16N4O3. The van der Waals surface area contributed by atoms with Crippen LogP contribution in [0.5, 0.6) is 0 Å². The average molecular weight is 264 g/mol. The van der Waals surface area contributed by atoms with Crippen LogP contribution < -0.4 is 0 Å². The van der Waals surface area contributed by atoms with E-state index in [1.165, 1.54) is 0 Å². The highest BCUT2D eigenvalue weighted by molar-refractivity contribution is 5.03. The summed E-state index contributed by atoms with van der Waals surface area (Å²) < 4.78 is 16.1. The van der Waals surface area contributed by atoms with Crippen molar-refractivity contribution in [3.63, 3.8) is 0 Å². The number of hydrogen-bond acceptors (Lipinski definition) is 7. The number of aromatic nitrogens is 3. The summed E-state index contributed by atoms with van der Waals surface area (Å²) in [5, 5.41) is 7.59. The number of rotatable bonds is 3. The van der Waals surface area contributed by atoms with Gasteiger partial charge in [0, 0.05) is 19.2 Å². The van der Waals surface area contributed by atoms with Crippen molar-refractivity contribution in [2.75, 3.05) is 20.1 Å². The topological polar surface area (TPSA) is 77.4 Å². The van der Waals surface area contributed by atoms with E-state index in [1.54, 1.807) is 12.3 Å². The van der Waals surface area contributed by atoms with Crippen LogP contribution in [-0.4, -0.2) is 46.4 Å². The molecule has 0 spiro atoms. The van der Waals surface area contributed by atoms with Crippen LogP contribution in [-0.2, 0) is 11.2 Å². The lowest BCUT2D eigenvalue weighted by atomic mass is 10.2. The molecular weight excluding hydrogens is 248 g/mol. The molecule has 7 heteroatoms. The van der Waals surface area contributed by atoms with Gasteiger partial charge in [-0.2, -0.15) is 4.98 Å². The van der Waals surface area contributed by atoms with Gasteiger partial charge < -0.3 is 18.7 Å². The second kappa shape index (κ2) is 5.10. The first-order valence-corrected chi connectivity index (χ1v) is 6.27.